The monoisotopic (exact) mass is 245 g/mol. The predicted octanol–water partition coefficient (Wildman–Crippen LogP) is 1.25. The average molecular weight is 245 g/mol. The Bertz CT molecular complexity index is 322. The fourth-order valence-corrected chi connectivity index (χ4v) is 1.82. The third kappa shape index (κ3) is 4.03. The largest absolute Gasteiger partial charge is 0.389 e. The molecule has 1 unspecified atom stereocenters. The van der Waals surface area contributed by atoms with Gasteiger partial charge in [-0.2, -0.15) is 4.37 Å². The topological polar surface area (TPSA) is 67.3 Å². The summed E-state index contributed by atoms with van der Waals surface area (Å²) in [6.07, 6.45) is -0.521. The molecular weight excluding hydrogens is 226 g/mol. The van der Waals surface area contributed by atoms with E-state index in [0.29, 0.717) is 13.2 Å². The zero-order valence-corrected chi connectivity index (χ0v) is 11.0. The Morgan fingerprint density at radius 3 is 2.69 bits per heavy atom. The van der Waals surface area contributed by atoms with Crippen molar-refractivity contribution in [3.8, 4) is 0 Å². The number of nitrogens with one attached hydrogen (secondary N) is 1. The van der Waals surface area contributed by atoms with Gasteiger partial charge in [-0.25, -0.2) is 4.98 Å². The van der Waals surface area contributed by atoms with Crippen LogP contribution in [-0.2, 0) is 10.2 Å². The summed E-state index contributed by atoms with van der Waals surface area (Å²) in [7, 11) is 1.56. The molecule has 0 fully saturated rings. The summed E-state index contributed by atoms with van der Waals surface area (Å²) >= 11 is 1.31. The molecule has 1 atom stereocenters. The van der Waals surface area contributed by atoms with Crippen molar-refractivity contribution in [1.29, 1.82) is 0 Å². The van der Waals surface area contributed by atoms with Crippen molar-refractivity contribution in [2.45, 2.75) is 32.3 Å². The number of methoxy groups -OCH3 is 1. The van der Waals surface area contributed by atoms with E-state index < -0.39 is 6.10 Å². The molecule has 0 bridgehead atoms. The molecule has 0 aliphatic heterocycles. The average Bonchev–Trinajstić information content (AvgIpc) is 2.63. The standard InChI is InChI=1S/C10H19N3O2S/c1-10(2,3)8-12-9(16-13-8)11-5-7(14)6-15-4/h7,14H,5-6H2,1-4H3,(H,11,12,13). The molecule has 0 saturated heterocycles. The first-order valence-corrected chi connectivity index (χ1v) is 5.96. The first kappa shape index (κ1) is 13.3. The number of rotatable bonds is 5. The lowest BCUT2D eigenvalue weighted by molar-refractivity contribution is 0.0727. The lowest BCUT2D eigenvalue weighted by Crippen LogP contribution is -2.24. The van der Waals surface area contributed by atoms with Crippen LogP contribution in [0.15, 0.2) is 0 Å². The van der Waals surface area contributed by atoms with Crippen LogP contribution in [-0.4, -0.2) is 40.8 Å². The van der Waals surface area contributed by atoms with Crippen molar-refractivity contribution in [2.24, 2.45) is 0 Å². The molecule has 0 spiro atoms. The van der Waals surface area contributed by atoms with Gasteiger partial charge in [0.15, 0.2) is 0 Å². The van der Waals surface area contributed by atoms with E-state index in [2.05, 4.69) is 35.4 Å². The maximum Gasteiger partial charge on any atom is 0.202 e. The molecule has 1 aromatic rings. The first-order valence-electron chi connectivity index (χ1n) is 5.18. The van der Waals surface area contributed by atoms with Crippen LogP contribution in [0.1, 0.15) is 26.6 Å². The second-order valence-electron chi connectivity index (χ2n) is 4.66. The van der Waals surface area contributed by atoms with Crippen LogP contribution >= 0.6 is 11.5 Å². The summed E-state index contributed by atoms with van der Waals surface area (Å²) in [6, 6.07) is 0. The first-order chi connectivity index (χ1) is 7.43. The molecule has 1 rings (SSSR count). The van der Waals surface area contributed by atoms with E-state index in [0.717, 1.165) is 11.0 Å². The predicted molar refractivity (Wildman–Crippen MR) is 65.0 cm³/mol. The quantitative estimate of drug-likeness (QED) is 0.817. The van der Waals surface area contributed by atoms with Crippen molar-refractivity contribution in [3.05, 3.63) is 5.82 Å². The van der Waals surface area contributed by atoms with Crippen LogP contribution < -0.4 is 5.32 Å². The summed E-state index contributed by atoms with van der Waals surface area (Å²) in [4.78, 5) is 4.36. The molecule has 0 amide bonds. The molecule has 1 heterocycles. The highest BCUT2D eigenvalue weighted by Gasteiger charge is 2.19. The van der Waals surface area contributed by atoms with E-state index in [1.165, 1.54) is 11.5 Å². The molecule has 16 heavy (non-hydrogen) atoms. The van der Waals surface area contributed by atoms with Gasteiger partial charge in [-0.15, -0.1) is 0 Å². The van der Waals surface area contributed by atoms with Gasteiger partial charge >= 0.3 is 0 Å². The number of nitrogens with zero attached hydrogens (tertiary/aromatic N) is 2. The number of aliphatic hydroxyl groups is 1. The molecule has 0 aliphatic carbocycles. The van der Waals surface area contributed by atoms with Crippen LogP contribution in [0.5, 0.6) is 0 Å². The molecule has 5 nitrogen and oxygen atoms in total. The number of anilines is 1. The molecule has 0 radical (unpaired) electrons. The van der Waals surface area contributed by atoms with Gasteiger partial charge in [0.05, 0.1) is 12.7 Å². The number of aliphatic hydroxyl groups excluding tert-OH is 1. The maximum absolute atomic E-state index is 9.45. The molecule has 0 aromatic carbocycles. The lowest BCUT2D eigenvalue weighted by atomic mass is 9.96. The van der Waals surface area contributed by atoms with E-state index in [9.17, 15) is 5.11 Å². The van der Waals surface area contributed by atoms with Crippen molar-refractivity contribution in [3.63, 3.8) is 0 Å². The second kappa shape index (κ2) is 5.56. The highest BCUT2D eigenvalue weighted by atomic mass is 32.1. The van der Waals surface area contributed by atoms with Crippen LogP contribution in [0, 0.1) is 0 Å². The molecule has 0 saturated carbocycles. The number of aromatic nitrogens is 2. The van der Waals surface area contributed by atoms with Crippen molar-refractivity contribution in [1.82, 2.24) is 9.36 Å². The maximum atomic E-state index is 9.45. The zero-order valence-electron chi connectivity index (χ0n) is 10.1. The summed E-state index contributed by atoms with van der Waals surface area (Å²) < 4.78 is 9.10. The zero-order chi connectivity index (χ0) is 12.2. The Labute approximate surface area is 100 Å². The van der Waals surface area contributed by atoms with E-state index in [1.54, 1.807) is 7.11 Å². The normalized spacial score (nSPS) is 13.8. The molecule has 2 N–H and O–H groups in total. The van der Waals surface area contributed by atoms with Crippen LogP contribution in [0.3, 0.4) is 0 Å². The fourth-order valence-electron chi connectivity index (χ4n) is 1.06. The summed E-state index contributed by atoms with van der Waals surface area (Å²) in [6.45, 7) is 6.94. The molecule has 1 aromatic heterocycles. The van der Waals surface area contributed by atoms with Crippen LogP contribution in [0.25, 0.3) is 0 Å². The Morgan fingerprint density at radius 1 is 1.50 bits per heavy atom. The smallest absolute Gasteiger partial charge is 0.202 e. The Kier molecular flexibility index (Phi) is 4.64. The van der Waals surface area contributed by atoms with E-state index in [-0.39, 0.29) is 5.41 Å². The molecule has 0 aliphatic rings. The van der Waals surface area contributed by atoms with Gasteiger partial charge in [-0.3, -0.25) is 0 Å². The van der Waals surface area contributed by atoms with Gasteiger partial charge in [-0.05, 0) is 0 Å². The number of hydrogen-bond acceptors (Lipinski definition) is 6. The fraction of sp³-hybridized carbons (Fsp3) is 0.800. The molecule has 92 valence electrons. The van der Waals surface area contributed by atoms with Gasteiger partial charge in [-0.1, -0.05) is 20.8 Å². The van der Waals surface area contributed by atoms with E-state index in [4.69, 9.17) is 4.74 Å². The number of hydrogen-bond donors (Lipinski definition) is 2. The van der Waals surface area contributed by atoms with Crippen molar-refractivity contribution >= 4 is 16.7 Å². The van der Waals surface area contributed by atoms with E-state index >= 15 is 0 Å². The summed E-state index contributed by atoms with van der Waals surface area (Å²) in [5.74, 6) is 0.821. The minimum absolute atomic E-state index is 0.0401. The second-order valence-corrected chi connectivity index (χ2v) is 5.42. The van der Waals surface area contributed by atoms with Gasteiger partial charge in [0.25, 0.3) is 0 Å². The number of ether oxygens (including phenoxy) is 1. The third-order valence-corrected chi connectivity index (χ3v) is 2.62. The Balaban J connectivity index is 2.47. The molecule has 6 heteroatoms. The summed E-state index contributed by atoms with van der Waals surface area (Å²) in [5.41, 5.74) is -0.0401. The Morgan fingerprint density at radius 2 is 2.19 bits per heavy atom. The van der Waals surface area contributed by atoms with Crippen LogP contribution in [0.2, 0.25) is 0 Å². The third-order valence-electron chi connectivity index (χ3n) is 1.94. The van der Waals surface area contributed by atoms with Gasteiger partial charge in [0.1, 0.15) is 5.82 Å². The lowest BCUT2D eigenvalue weighted by Gasteiger charge is -2.12. The van der Waals surface area contributed by atoms with Crippen molar-refractivity contribution in [2.75, 3.05) is 25.6 Å². The molecular formula is C10H19N3O2S. The highest BCUT2D eigenvalue weighted by molar-refractivity contribution is 7.09. The minimum atomic E-state index is -0.521. The van der Waals surface area contributed by atoms with Gasteiger partial charge < -0.3 is 15.2 Å². The van der Waals surface area contributed by atoms with Crippen molar-refractivity contribution < 1.29 is 9.84 Å². The SMILES string of the molecule is COCC(O)CNc1nc(C(C)(C)C)ns1. The summed E-state index contributed by atoms with van der Waals surface area (Å²) in [5, 5.41) is 13.2. The van der Waals surface area contributed by atoms with Crippen LogP contribution in [0.4, 0.5) is 5.13 Å². The Hall–Kier alpha value is -0.720. The van der Waals surface area contributed by atoms with E-state index in [1.807, 2.05) is 0 Å². The minimum Gasteiger partial charge on any atom is -0.389 e. The van der Waals surface area contributed by atoms with Gasteiger partial charge in [0.2, 0.25) is 5.13 Å². The highest BCUT2D eigenvalue weighted by Crippen LogP contribution is 2.22. The van der Waals surface area contributed by atoms with Gasteiger partial charge in [0, 0.05) is 30.6 Å².